The van der Waals surface area contributed by atoms with E-state index in [4.69, 9.17) is 4.74 Å². The van der Waals surface area contributed by atoms with E-state index < -0.39 is 6.10 Å². The van der Waals surface area contributed by atoms with Crippen molar-refractivity contribution in [2.24, 2.45) is 0 Å². The second-order valence-corrected chi connectivity index (χ2v) is 3.99. The number of aliphatic hydroxyl groups excluding tert-OH is 1. The normalized spacial score (nSPS) is 12.0. The Morgan fingerprint density at radius 2 is 1.88 bits per heavy atom. The van der Waals surface area contributed by atoms with Gasteiger partial charge in [0.1, 0.15) is 25.0 Å². The van der Waals surface area contributed by atoms with Crippen molar-refractivity contribution in [3.63, 3.8) is 0 Å². The van der Waals surface area contributed by atoms with Gasteiger partial charge in [0.25, 0.3) is 0 Å². The monoisotopic (exact) mass is 245 g/mol. The lowest BCUT2D eigenvalue weighted by Crippen LogP contribution is -3.00. The predicted molar refractivity (Wildman–Crippen MR) is 59.9 cm³/mol. The molecule has 0 aromatic heterocycles. The molecule has 0 saturated carbocycles. The van der Waals surface area contributed by atoms with Gasteiger partial charge in [0.2, 0.25) is 0 Å². The quantitative estimate of drug-likeness (QED) is 0.578. The van der Waals surface area contributed by atoms with Crippen LogP contribution in [0, 0.1) is 0 Å². The van der Waals surface area contributed by atoms with E-state index >= 15 is 0 Å². The van der Waals surface area contributed by atoms with Gasteiger partial charge in [-0.15, -0.1) is 0 Å². The topological polar surface area (TPSA) is 46.1 Å². The molecule has 3 nitrogen and oxygen atoms in total. The molecule has 0 bridgehead atoms. The Bertz CT molecular complexity index is 267. The Morgan fingerprint density at radius 3 is 2.44 bits per heavy atom. The zero-order valence-electron chi connectivity index (χ0n) is 9.77. The smallest absolute Gasteiger partial charge is 0.137 e. The van der Waals surface area contributed by atoms with E-state index in [0.29, 0.717) is 19.2 Å². The van der Waals surface area contributed by atoms with Crippen LogP contribution in [-0.4, -0.2) is 30.4 Å². The third kappa shape index (κ3) is 6.67. The maximum Gasteiger partial charge on any atom is 0.137 e. The van der Waals surface area contributed by atoms with Gasteiger partial charge in [0, 0.05) is 0 Å². The summed E-state index contributed by atoms with van der Waals surface area (Å²) < 4.78 is 5.43. The van der Waals surface area contributed by atoms with Crippen LogP contribution in [0.4, 0.5) is 0 Å². The number of benzene rings is 1. The first kappa shape index (κ1) is 15.2. The van der Waals surface area contributed by atoms with Crippen molar-refractivity contribution in [3.8, 4) is 5.75 Å². The SMILES string of the molecule is CC(C)[NH2+]CC(O)COc1ccccc1.[Cl-]. The second kappa shape index (κ2) is 8.39. The first-order valence-corrected chi connectivity index (χ1v) is 5.37. The lowest BCUT2D eigenvalue weighted by atomic mass is 10.3. The van der Waals surface area contributed by atoms with E-state index in [-0.39, 0.29) is 12.4 Å². The molecular weight excluding hydrogens is 226 g/mol. The van der Waals surface area contributed by atoms with Gasteiger partial charge in [-0.2, -0.15) is 0 Å². The van der Waals surface area contributed by atoms with Crippen molar-refractivity contribution in [2.75, 3.05) is 13.2 Å². The Morgan fingerprint density at radius 1 is 1.25 bits per heavy atom. The van der Waals surface area contributed by atoms with E-state index in [2.05, 4.69) is 19.2 Å². The molecule has 1 aromatic rings. The summed E-state index contributed by atoms with van der Waals surface area (Å²) >= 11 is 0. The average molecular weight is 246 g/mol. The summed E-state index contributed by atoms with van der Waals surface area (Å²) in [5.74, 6) is 0.807. The molecular formula is C12H20ClNO2. The summed E-state index contributed by atoms with van der Waals surface area (Å²) in [7, 11) is 0. The molecule has 92 valence electrons. The van der Waals surface area contributed by atoms with Crippen LogP contribution in [0.25, 0.3) is 0 Å². The predicted octanol–water partition coefficient (Wildman–Crippen LogP) is -2.60. The molecule has 0 amide bonds. The van der Waals surface area contributed by atoms with Crippen LogP contribution in [-0.2, 0) is 0 Å². The van der Waals surface area contributed by atoms with E-state index in [0.717, 1.165) is 5.75 Å². The molecule has 3 N–H and O–H groups in total. The second-order valence-electron chi connectivity index (χ2n) is 3.99. The third-order valence-corrected chi connectivity index (χ3v) is 2.07. The van der Waals surface area contributed by atoms with Gasteiger partial charge in [-0.3, -0.25) is 0 Å². The standard InChI is InChI=1S/C12H19NO2.ClH/c1-10(2)13-8-11(14)9-15-12-6-4-3-5-7-12;/h3-7,10-11,13-14H,8-9H2,1-2H3;1H. The van der Waals surface area contributed by atoms with Gasteiger partial charge in [-0.05, 0) is 26.0 Å². The van der Waals surface area contributed by atoms with Crippen molar-refractivity contribution in [3.05, 3.63) is 30.3 Å². The van der Waals surface area contributed by atoms with Crippen LogP contribution in [0.3, 0.4) is 0 Å². The van der Waals surface area contributed by atoms with Crippen molar-refractivity contribution in [1.29, 1.82) is 0 Å². The van der Waals surface area contributed by atoms with E-state index in [1.807, 2.05) is 30.3 Å². The van der Waals surface area contributed by atoms with Crippen molar-refractivity contribution in [2.45, 2.75) is 26.0 Å². The fraction of sp³-hybridized carbons (Fsp3) is 0.500. The fourth-order valence-corrected chi connectivity index (χ4v) is 1.21. The molecule has 0 aliphatic carbocycles. The minimum absolute atomic E-state index is 0. The van der Waals surface area contributed by atoms with Gasteiger partial charge < -0.3 is 27.6 Å². The van der Waals surface area contributed by atoms with Crippen molar-refractivity contribution in [1.82, 2.24) is 0 Å². The number of hydrogen-bond acceptors (Lipinski definition) is 2. The first-order chi connectivity index (χ1) is 7.18. The van der Waals surface area contributed by atoms with E-state index in [1.165, 1.54) is 0 Å². The Kier molecular flexibility index (Phi) is 7.99. The molecule has 1 aromatic carbocycles. The highest BCUT2D eigenvalue weighted by Gasteiger charge is 2.08. The third-order valence-electron chi connectivity index (χ3n) is 2.07. The molecule has 4 heteroatoms. The number of rotatable bonds is 6. The zero-order valence-corrected chi connectivity index (χ0v) is 10.5. The molecule has 1 atom stereocenters. The highest BCUT2D eigenvalue weighted by molar-refractivity contribution is 5.20. The summed E-state index contributed by atoms with van der Waals surface area (Å²) in [4.78, 5) is 0. The van der Waals surface area contributed by atoms with Crippen molar-refractivity contribution >= 4 is 0 Å². The average Bonchev–Trinajstić information content (AvgIpc) is 2.25. The summed E-state index contributed by atoms with van der Waals surface area (Å²) in [5, 5.41) is 11.7. The van der Waals surface area contributed by atoms with Crippen LogP contribution >= 0.6 is 0 Å². The Hall–Kier alpha value is -0.770. The lowest BCUT2D eigenvalue weighted by molar-refractivity contribution is -0.688. The van der Waals surface area contributed by atoms with Crippen LogP contribution in [0.5, 0.6) is 5.75 Å². The van der Waals surface area contributed by atoms with E-state index in [9.17, 15) is 5.11 Å². The molecule has 0 spiro atoms. The van der Waals surface area contributed by atoms with Gasteiger partial charge in [0.05, 0.1) is 6.04 Å². The highest BCUT2D eigenvalue weighted by Crippen LogP contribution is 2.07. The summed E-state index contributed by atoms with van der Waals surface area (Å²) in [6.07, 6.45) is -0.410. The number of nitrogens with two attached hydrogens (primary N) is 1. The summed E-state index contributed by atoms with van der Waals surface area (Å²) in [5.41, 5.74) is 0. The number of aliphatic hydroxyl groups is 1. The molecule has 0 fully saturated rings. The maximum absolute atomic E-state index is 9.60. The van der Waals surface area contributed by atoms with Crippen LogP contribution in [0.1, 0.15) is 13.8 Å². The van der Waals surface area contributed by atoms with Gasteiger partial charge in [-0.25, -0.2) is 0 Å². The zero-order chi connectivity index (χ0) is 11.1. The number of halogens is 1. The first-order valence-electron chi connectivity index (χ1n) is 5.37. The number of ether oxygens (including phenoxy) is 1. The molecule has 0 saturated heterocycles. The molecule has 16 heavy (non-hydrogen) atoms. The lowest BCUT2D eigenvalue weighted by Gasteiger charge is -2.12. The maximum atomic E-state index is 9.60. The van der Waals surface area contributed by atoms with Crippen molar-refractivity contribution < 1.29 is 27.6 Å². The molecule has 0 heterocycles. The Balaban J connectivity index is 0.00000225. The number of para-hydroxylation sites is 1. The molecule has 1 rings (SSSR count). The largest absolute Gasteiger partial charge is 1.00 e. The minimum Gasteiger partial charge on any atom is -1.00 e. The molecule has 1 unspecified atom stereocenters. The van der Waals surface area contributed by atoms with Crippen LogP contribution < -0.4 is 22.5 Å². The number of quaternary nitrogens is 1. The minimum atomic E-state index is -0.410. The molecule has 0 aliphatic rings. The summed E-state index contributed by atoms with van der Waals surface area (Å²) in [6, 6.07) is 10.1. The van der Waals surface area contributed by atoms with Gasteiger partial charge in [0.15, 0.2) is 0 Å². The van der Waals surface area contributed by atoms with Crippen LogP contribution in [0.15, 0.2) is 30.3 Å². The Labute approximate surface area is 103 Å². The summed E-state index contributed by atoms with van der Waals surface area (Å²) in [6.45, 7) is 5.24. The highest BCUT2D eigenvalue weighted by atomic mass is 35.5. The number of hydrogen-bond donors (Lipinski definition) is 2. The van der Waals surface area contributed by atoms with Crippen LogP contribution in [0.2, 0.25) is 0 Å². The van der Waals surface area contributed by atoms with Gasteiger partial charge in [-0.1, -0.05) is 18.2 Å². The molecule has 0 aliphatic heterocycles. The fourth-order valence-electron chi connectivity index (χ4n) is 1.21. The molecule has 0 radical (unpaired) electrons. The van der Waals surface area contributed by atoms with E-state index in [1.54, 1.807) is 0 Å². The van der Waals surface area contributed by atoms with Gasteiger partial charge >= 0.3 is 0 Å².